The van der Waals surface area contributed by atoms with Gasteiger partial charge in [0.05, 0.1) is 19.3 Å². The molecule has 1 saturated heterocycles. The van der Waals surface area contributed by atoms with E-state index < -0.39 is 18.0 Å². The van der Waals surface area contributed by atoms with Crippen LogP contribution in [-0.2, 0) is 25.5 Å². The van der Waals surface area contributed by atoms with Crippen molar-refractivity contribution in [2.24, 2.45) is 0 Å². The summed E-state index contributed by atoms with van der Waals surface area (Å²) in [5.74, 6) is -0.515. The largest absolute Gasteiger partial charge is 0.464 e. The first-order valence-electron chi connectivity index (χ1n) is 7.82. The Hall–Kier alpha value is -2.30. The van der Waals surface area contributed by atoms with Crippen LogP contribution in [0.3, 0.4) is 0 Å². The predicted octanol–water partition coefficient (Wildman–Crippen LogP) is 3.27. The van der Waals surface area contributed by atoms with Gasteiger partial charge >= 0.3 is 11.9 Å². The second-order valence-electron chi connectivity index (χ2n) is 6.23. The number of cyclic esters (lactones) is 1. The molecule has 0 bridgehead atoms. The van der Waals surface area contributed by atoms with Crippen LogP contribution in [0.2, 0.25) is 0 Å². The molecule has 0 spiro atoms. The topological polar surface area (TPSA) is 65.7 Å². The lowest BCUT2D eigenvalue weighted by atomic mass is 9.95. The van der Waals surface area contributed by atoms with Gasteiger partial charge in [-0.3, -0.25) is 4.79 Å². The summed E-state index contributed by atoms with van der Waals surface area (Å²) in [4.78, 5) is 23.4. The number of hydrogen-bond acceptors (Lipinski definition) is 5. The molecule has 1 aromatic carbocycles. The van der Waals surface area contributed by atoms with Crippen molar-refractivity contribution in [3.63, 3.8) is 0 Å². The Kier molecular flexibility index (Phi) is 4.11. The lowest BCUT2D eigenvalue weighted by molar-refractivity contribution is -0.159. The number of furan rings is 1. The van der Waals surface area contributed by atoms with E-state index in [9.17, 15) is 9.59 Å². The molecule has 1 atom stereocenters. The highest BCUT2D eigenvalue weighted by molar-refractivity contribution is 5.88. The average Bonchev–Trinajstić information content (AvgIpc) is 3.05. The van der Waals surface area contributed by atoms with Gasteiger partial charge in [0.1, 0.15) is 5.58 Å². The van der Waals surface area contributed by atoms with E-state index in [1.807, 2.05) is 6.07 Å². The van der Waals surface area contributed by atoms with Crippen molar-refractivity contribution < 1.29 is 23.5 Å². The summed E-state index contributed by atoms with van der Waals surface area (Å²) in [7, 11) is 0. The molecule has 0 aliphatic carbocycles. The SMILES string of the molecule is Cc1cc2occ(CC(=O)O[C@@H]3CCOC3=O)c2cc1C(C)C. The Labute approximate surface area is 134 Å². The third kappa shape index (κ3) is 3.09. The Morgan fingerprint density at radius 3 is 2.83 bits per heavy atom. The van der Waals surface area contributed by atoms with Crippen LogP contribution >= 0.6 is 0 Å². The average molecular weight is 316 g/mol. The molecule has 1 aromatic heterocycles. The molecule has 5 heteroatoms. The van der Waals surface area contributed by atoms with Crippen LogP contribution in [0.1, 0.15) is 42.9 Å². The van der Waals surface area contributed by atoms with Crippen molar-refractivity contribution in [2.75, 3.05) is 6.61 Å². The number of carbonyl (C=O) groups is 2. The minimum atomic E-state index is -0.769. The number of rotatable bonds is 4. The Balaban J connectivity index is 1.81. The highest BCUT2D eigenvalue weighted by atomic mass is 16.6. The minimum absolute atomic E-state index is 0.0807. The standard InChI is InChI=1S/C18H20O5/c1-10(2)13-8-14-12(9-22-16(14)6-11(13)3)7-17(19)23-15-4-5-21-18(15)20/h6,8-10,15H,4-5,7H2,1-3H3/t15-/m1/s1. The number of ether oxygens (including phenoxy) is 2. The molecule has 122 valence electrons. The number of aryl methyl sites for hydroxylation is 1. The summed E-state index contributed by atoms with van der Waals surface area (Å²) in [6, 6.07) is 4.07. The molecule has 1 aliphatic rings. The van der Waals surface area contributed by atoms with Crippen molar-refractivity contribution >= 4 is 22.9 Å². The first-order chi connectivity index (χ1) is 11.0. The van der Waals surface area contributed by atoms with Crippen LogP contribution in [0, 0.1) is 6.92 Å². The van der Waals surface area contributed by atoms with Crippen LogP contribution in [0.4, 0.5) is 0 Å². The molecular formula is C18H20O5. The lowest BCUT2D eigenvalue weighted by Gasteiger charge is -2.10. The summed E-state index contributed by atoms with van der Waals surface area (Å²) < 4.78 is 15.5. The molecule has 0 radical (unpaired) electrons. The number of fused-ring (bicyclic) bond motifs is 1. The Bertz CT molecular complexity index is 756. The van der Waals surface area contributed by atoms with E-state index in [1.54, 1.807) is 6.26 Å². The third-order valence-electron chi connectivity index (χ3n) is 4.16. The first kappa shape index (κ1) is 15.6. The minimum Gasteiger partial charge on any atom is -0.464 e. The smallest absolute Gasteiger partial charge is 0.347 e. The van der Waals surface area contributed by atoms with Crippen LogP contribution in [-0.4, -0.2) is 24.6 Å². The van der Waals surface area contributed by atoms with E-state index in [2.05, 4.69) is 26.8 Å². The Morgan fingerprint density at radius 1 is 1.39 bits per heavy atom. The summed E-state index contributed by atoms with van der Waals surface area (Å²) >= 11 is 0. The zero-order valence-corrected chi connectivity index (χ0v) is 13.5. The van der Waals surface area contributed by atoms with Crippen molar-refractivity contribution in [3.05, 3.63) is 35.1 Å². The second-order valence-corrected chi connectivity index (χ2v) is 6.23. The fourth-order valence-electron chi connectivity index (χ4n) is 2.94. The van der Waals surface area contributed by atoms with Gasteiger partial charge in [-0.2, -0.15) is 0 Å². The maximum atomic E-state index is 12.1. The molecule has 5 nitrogen and oxygen atoms in total. The highest BCUT2D eigenvalue weighted by Gasteiger charge is 2.30. The molecule has 3 rings (SSSR count). The summed E-state index contributed by atoms with van der Waals surface area (Å²) in [6.45, 7) is 6.63. The first-order valence-corrected chi connectivity index (χ1v) is 7.82. The van der Waals surface area contributed by atoms with Crippen molar-refractivity contribution in [1.82, 2.24) is 0 Å². The molecule has 1 fully saturated rings. The molecule has 0 amide bonds. The van der Waals surface area contributed by atoms with Crippen LogP contribution < -0.4 is 0 Å². The van der Waals surface area contributed by atoms with Gasteiger partial charge in [0, 0.05) is 17.4 Å². The summed E-state index contributed by atoms with van der Waals surface area (Å²) in [6.07, 6.45) is 1.32. The van der Waals surface area contributed by atoms with Gasteiger partial charge in [0.15, 0.2) is 0 Å². The fraction of sp³-hybridized carbons (Fsp3) is 0.444. The normalized spacial score (nSPS) is 17.7. The molecule has 0 saturated carbocycles. The quantitative estimate of drug-likeness (QED) is 0.810. The van der Waals surface area contributed by atoms with Crippen molar-refractivity contribution in [2.45, 2.75) is 45.6 Å². The summed E-state index contributed by atoms with van der Waals surface area (Å²) in [5.41, 5.74) is 3.94. The lowest BCUT2D eigenvalue weighted by Crippen LogP contribution is -2.23. The molecule has 0 unspecified atom stereocenters. The van der Waals surface area contributed by atoms with Crippen molar-refractivity contribution in [1.29, 1.82) is 0 Å². The van der Waals surface area contributed by atoms with Gasteiger partial charge in [-0.05, 0) is 36.1 Å². The summed E-state index contributed by atoms with van der Waals surface area (Å²) in [5, 5.41) is 0.922. The van der Waals surface area contributed by atoms with Gasteiger partial charge in [0.25, 0.3) is 0 Å². The maximum absolute atomic E-state index is 12.1. The van der Waals surface area contributed by atoms with E-state index in [0.29, 0.717) is 18.9 Å². The number of hydrogen-bond donors (Lipinski definition) is 0. The van der Waals surface area contributed by atoms with Gasteiger partial charge in [-0.1, -0.05) is 13.8 Å². The van der Waals surface area contributed by atoms with Crippen LogP contribution in [0.25, 0.3) is 11.0 Å². The zero-order valence-electron chi connectivity index (χ0n) is 13.5. The molecule has 23 heavy (non-hydrogen) atoms. The molecule has 1 aliphatic heterocycles. The molecular weight excluding hydrogens is 296 g/mol. The fourth-order valence-corrected chi connectivity index (χ4v) is 2.94. The van der Waals surface area contributed by atoms with E-state index in [4.69, 9.17) is 13.9 Å². The number of esters is 2. The second kappa shape index (κ2) is 6.07. The van der Waals surface area contributed by atoms with Gasteiger partial charge in [-0.15, -0.1) is 0 Å². The van der Waals surface area contributed by atoms with Gasteiger partial charge < -0.3 is 13.9 Å². The maximum Gasteiger partial charge on any atom is 0.347 e. The number of benzene rings is 1. The van der Waals surface area contributed by atoms with E-state index in [0.717, 1.165) is 16.5 Å². The molecule has 2 aromatic rings. The van der Waals surface area contributed by atoms with Gasteiger partial charge in [-0.25, -0.2) is 4.79 Å². The highest BCUT2D eigenvalue weighted by Crippen LogP contribution is 2.29. The zero-order chi connectivity index (χ0) is 16.6. The predicted molar refractivity (Wildman–Crippen MR) is 84.2 cm³/mol. The number of carbonyl (C=O) groups excluding carboxylic acids is 2. The van der Waals surface area contributed by atoms with E-state index >= 15 is 0 Å². The van der Waals surface area contributed by atoms with Crippen molar-refractivity contribution in [3.8, 4) is 0 Å². The third-order valence-corrected chi connectivity index (χ3v) is 4.16. The Morgan fingerprint density at radius 2 is 2.17 bits per heavy atom. The van der Waals surface area contributed by atoms with Crippen LogP contribution in [0.5, 0.6) is 0 Å². The van der Waals surface area contributed by atoms with Crippen LogP contribution in [0.15, 0.2) is 22.8 Å². The van der Waals surface area contributed by atoms with E-state index in [-0.39, 0.29) is 6.42 Å². The monoisotopic (exact) mass is 316 g/mol. The van der Waals surface area contributed by atoms with Gasteiger partial charge in [0.2, 0.25) is 6.10 Å². The van der Waals surface area contributed by atoms with E-state index in [1.165, 1.54) is 11.1 Å². The molecule has 0 N–H and O–H groups in total. The molecule has 2 heterocycles.